The summed E-state index contributed by atoms with van der Waals surface area (Å²) in [4.78, 5) is 23.3. The van der Waals surface area contributed by atoms with Gasteiger partial charge < -0.3 is 9.84 Å². The molecule has 0 spiro atoms. The number of cyclic esters (lactones) is 1. The minimum Gasteiger partial charge on any atom is -0.481 e. The molecule has 0 saturated carbocycles. The van der Waals surface area contributed by atoms with Crippen LogP contribution >= 0.6 is 0 Å². The highest BCUT2D eigenvalue weighted by Crippen LogP contribution is 2.44. The number of aliphatic carboxylic acids is 1. The number of carbonyl (C=O) groups is 2. The van der Waals surface area contributed by atoms with Crippen molar-refractivity contribution in [3.05, 3.63) is 11.6 Å². The fourth-order valence-corrected chi connectivity index (χ4v) is 3.47. The summed E-state index contributed by atoms with van der Waals surface area (Å²) in [5.74, 6) is -1.15. The lowest BCUT2D eigenvalue weighted by Gasteiger charge is -2.23. The highest BCUT2D eigenvalue weighted by molar-refractivity contribution is 5.85. The molecule has 1 aliphatic carbocycles. The van der Waals surface area contributed by atoms with Gasteiger partial charge in [-0.1, -0.05) is 44.6 Å². The van der Waals surface area contributed by atoms with Gasteiger partial charge in [-0.2, -0.15) is 0 Å². The second kappa shape index (κ2) is 7.10. The van der Waals surface area contributed by atoms with Gasteiger partial charge in [0, 0.05) is 0 Å². The van der Waals surface area contributed by atoms with E-state index in [1.165, 1.54) is 25.7 Å². The van der Waals surface area contributed by atoms with E-state index in [1.54, 1.807) is 0 Å². The number of carbonyl (C=O) groups excluding carboxylic acids is 1. The minimum absolute atomic E-state index is 0.118. The summed E-state index contributed by atoms with van der Waals surface area (Å²) in [5.41, 5.74) is 0.301. The average molecular weight is 294 g/mol. The Labute approximate surface area is 126 Å². The number of fused-ring (bicyclic) bond motifs is 1. The first-order valence-corrected chi connectivity index (χ1v) is 8.17. The van der Waals surface area contributed by atoms with Crippen LogP contribution in [0.4, 0.5) is 0 Å². The van der Waals surface area contributed by atoms with Crippen LogP contribution in [0.1, 0.15) is 71.1 Å². The van der Waals surface area contributed by atoms with Crippen molar-refractivity contribution >= 4 is 11.9 Å². The first kappa shape index (κ1) is 16.1. The molecule has 0 aromatic rings. The molecule has 2 rings (SSSR count). The Morgan fingerprint density at radius 3 is 2.52 bits per heavy atom. The molecule has 2 aliphatic rings. The van der Waals surface area contributed by atoms with Crippen LogP contribution in [-0.2, 0) is 14.3 Å². The number of allylic oxidation sites excluding steroid dienone is 1. The SMILES string of the molecule is CC12CCCCCCCCC/C=C/1C(CC(=O)O)OC2=O. The molecule has 0 bridgehead atoms. The van der Waals surface area contributed by atoms with Crippen LogP contribution in [-0.4, -0.2) is 23.1 Å². The van der Waals surface area contributed by atoms with Crippen molar-refractivity contribution in [2.75, 3.05) is 0 Å². The van der Waals surface area contributed by atoms with E-state index in [0.717, 1.165) is 37.7 Å². The van der Waals surface area contributed by atoms with Crippen LogP contribution in [0.2, 0.25) is 0 Å². The Morgan fingerprint density at radius 1 is 1.24 bits per heavy atom. The molecule has 0 amide bonds. The predicted octanol–water partition coefficient (Wildman–Crippen LogP) is 3.84. The monoisotopic (exact) mass is 294 g/mol. The normalized spacial score (nSPS) is 33.9. The summed E-state index contributed by atoms with van der Waals surface area (Å²) in [6, 6.07) is 0. The highest BCUT2D eigenvalue weighted by atomic mass is 16.6. The van der Waals surface area contributed by atoms with E-state index in [0.29, 0.717) is 0 Å². The third-order valence-electron chi connectivity index (χ3n) is 4.79. The highest BCUT2D eigenvalue weighted by Gasteiger charge is 2.49. The number of hydrogen-bond acceptors (Lipinski definition) is 3. The quantitative estimate of drug-likeness (QED) is 0.620. The van der Waals surface area contributed by atoms with Gasteiger partial charge in [0.05, 0.1) is 11.8 Å². The van der Waals surface area contributed by atoms with Crippen LogP contribution in [0.15, 0.2) is 11.6 Å². The van der Waals surface area contributed by atoms with Crippen molar-refractivity contribution in [1.82, 2.24) is 0 Å². The average Bonchev–Trinajstić information content (AvgIpc) is 2.62. The van der Waals surface area contributed by atoms with Crippen LogP contribution in [0.25, 0.3) is 0 Å². The topological polar surface area (TPSA) is 63.6 Å². The Hall–Kier alpha value is -1.32. The first-order chi connectivity index (χ1) is 10.0. The molecule has 0 aromatic carbocycles. The number of carboxylic acids is 1. The summed E-state index contributed by atoms with van der Waals surface area (Å²) in [7, 11) is 0. The molecule has 1 fully saturated rings. The van der Waals surface area contributed by atoms with E-state index >= 15 is 0 Å². The van der Waals surface area contributed by atoms with Crippen molar-refractivity contribution in [3.8, 4) is 0 Å². The van der Waals surface area contributed by atoms with E-state index in [-0.39, 0.29) is 12.4 Å². The predicted molar refractivity (Wildman–Crippen MR) is 79.9 cm³/mol. The van der Waals surface area contributed by atoms with E-state index in [9.17, 15) is 9.59 Å². The summed E-state index contributed by atoms with van der Waals surface area (Å²) in [6.45, 7) is 1.93. The zero-order chi connectivity index (χ0) is 15.3. The maximum Gasteiger partial charge on any atom is 0.316 e. The van der Waals surface area contributed by atoms with Gasteiger partial charge in [0.2, 0.25) is 0 Å². The lowest BCUT2D eigenvalue weighted by molar-refractivity contribution is -0.150. The van der Waals surface area contributed by atoms with Gasteiger partial charge in [-0.05, 0) is 31.8 Å². The molecule has 0 radical (unpaired) electrons. The van der Waals surface area contributed by atoms with Crippen molar-refractivity contribution in [2.24, 2.45) is 5.41 Å². The van der Waals surface area contributed by atoms with Crippen LogP contribution < -0.4 is 0 Å². The maximum atomic E-state index is 12.3. The van der Waals surface area contributed by atoms with Gasteiger partial charge in [-0.15, -0.1) is 0 Å². The van der Waals surface area contributed by atoms with Gasteiger partial charge in [0.25, 0.3) is 0 Å². The molecule has 21 heavy (non-hydrogen) atoms. The van der Waals surface area contributed by atoms with Crippen molar-refractivity contribution in [2.45, 2.75) is 77.2 Å². The number of carboxylic acid groups (broad SMARTS) is 1. The molecule has 1 N–H and O–H groups in total. The molecule has 4 heteroatoms. The second-order valence-corrected chi connectivity index (χ2v) is 6.50. The largest absolute Gasteiger partial charge is 0.481 e. The van der Waals surface area contributed by atoms with E-state index in [1.807, 2.05) is 6.92 Å². The first-order valence-electron chi connectivity index (χ1n) is 8.17. The van der Waals surface area contributed by atoms with E-state index in [4.69, 9.17) is 9.84 Å². The van der Waals surface area contributed by atoms with Gasteiger partial charge in [0.1, 0.15) is 6.10 Å². The molecule has 1 heterocycles. The van der Waals surface area contributed by atoms with Crippen LogP contribution in [0.5, 0.6) is 0 Å². The Bertz CT molecular complexity index is 427. The fraction of sp³-hybridized carbons (Fsp3) is 0.765. The number of ether oxygens (including phenoxy) is 1. The Balaban J connectivity index is 2.20. The van der Waals surface area contributed by atoms with Crippen LogP contribution in [0.3, 0.4) is 0 Å². The third-order valence-corrected chi connectivity index (χ3v) is 4.79. The Morgan fingerprint density at radius 2 is 1.86 bits per heavy atom. The number of esters is 1. The number of hydrogen-bond donors (Lipinski definition) is 1. The van der Waals surface area contributed by atoms with E-state index in [2.05, 4.69) is 6.08 Å². The van der Waals surface area contributed by atoms with Gasteiger partial charge in [-0.3, -0.25) is 9.59 Å². The molecule has 0 aromatic heterocycles. The van der Waals surface area contributed by atoms with Gasteiger partial charge in [0.15, 0.2) is 0 Å². The fourth-order valence-electron chi connectivity index (χ4n) is 3.47. The summed E-state index contributed by atoms with van der Waals surface area (Å²) in [6.07, 6.45) is 11.3. The van der Waals surface area contributed by atoms with Gasteiger partial charge >= 0.3 is 11.9 Å². The molecule has 118 valence electrons. The third kappa shape index (κ3) is 3.86. The van der Waals surface area contributed by atoms with E-state index < -0.39 is 17.5 Å². The second-order valence-electron chi connectivity index (χ2n) is 6.50. The standard InChI is InChI=1S/C17H26O4/c1-17-11-9-7-5-3-2-4-6-8-10-13(17)14(12-15(18)19)21-16(17)20/h10,14H,2-9,11-12H2,1H3,(H,18,19)/b13-10+. The summed E-state index contributed by atoms with van der Waals surface area (Å²) in [5, 5.41) is 9.02. The molecular formula is C17H26O4. The van der Waals surface area contributed by atoms with Crippen molar-refractivity contribution in [3.63, 3.8) is 0 Å². The number of rotatable bonds is 2. The minimum atomic E-state index is -0.913. The van der Waals surface area contributed by atoms with Crippen LogP contribution in [0, 0.1) is 5.41 Å². The molecular weight excluding hydrogens is 268 g/mol. The lowest BCUT2D eigenvalue weighted by atomic mass is 9.76. The molecule has 2 unspecified atom stereocenters. The zero-order valence-electron chi connectivity index (χ0n) is 12.9. The molecule has 1 aliphatic heterocycles. The van der Waals surface area contributed by atoms with Crippen molar-refractivity contribution < 1.29 is 19.4 Å². The summed E-state index contributed by atoms with van der Waals surface area (Å²) >= 11 is 0. The van der Waals surface area contributed by atoms with Crippen molar-refractivity contribution in [1.29, 1.82) is 0 Å². The zero-order valence-corrected chi connectivity index (χ0v) is 12.9. The van der Waals surface area contributed by atoms with Gasteiger partial charge in [-0.25, -0.2) is 0 Å². The molecule has 1 saturated heterocycles. The lowest BCUT2D eigenvalue weighted by Crippen LogP contribution is -2.25. The smallest absolute Gasteiger partial charge is 0.316 e. The molecule has 2 atom stereocenters. The Kier molecular flexibility index (Phi) is 5.43. The maximum absolute atomic E-state index is 12.3. The summed E-state index contributed by atoms with van der Waals surface area (Å²) < 4.78 is 5.39. The molecule has 4 nitrogen and oxygen atoms in total.